The molecule has 2 aromatic carbocycles. The lowest BCUT2D eigenvalue weighted by molar-refractivity contribution is -0.137. The number of anilines is 1. The highest BCUT2D eigenvalue weighted by Crippen LogP contribution is 2.31. The second kappa shape index (κ2) is 9.37. The van der Waals surface area contributed by atoms with E-state index < -0.39 is 17.6 Å². The van der Waals surface area contributed by atoms with E-state index in [1.807, 2.05) is 42.7 Å². The van der Waals surface area contributed by atoms with Gasteiger partial charge in [0.15, 0.2) is 0 Å². The van der Waals surface area contributed by atoms with E-state index in [9.17, 15) is 23.2 Å². The Bertz CT molecular complexity index is 1240. The number of carbonyl (C=O) groups is 1. The number of amides is 1. The van der Waals surface area contributed by atoms with Gasteiger partial charge in [-0.15, -0.1) is 0 Å². The highest BCUT2D eigenvalue weighted by molar-refractivity contribution is 6.09. The smallest absolute Gasteiger partial charge is 0.321 e. The number of hydrogen-bond acceptors (Lipinski definition) is 2. The fraction of sp³-hybridized carbons (Fsp3) is 0.231. The molecule has 1 N–H and O–H groups in total. The lowest BCUT2D eigenvalue weighted by atomic mass is 10.0. The first-order valence-corrected chi connectivity index (χ1v) is 10.4. The number of hydrogen-bond donors (Lipinski definition) is 1. The Morgan fingerprint density at radius 2 is 1.76 bits per heavy atom. The van der Waals surface area contributed by atoms with Gasteiger partial charge in [0, 0.05) is 22.8 Å². The largest absolute Gasteiger partial charge is 0.416 e. The minimum atomic E-state index is -4.53. The molecule has 0 saturated carbocycles. The summed E-state index contributed by atoms with van der Waals surface area (Å²) in [4.78, 5) is 12.6. The summed E-state index contributed by atoms with van der Waals surface area (Å²) in [5, 5.41) is 11.9. The van der Waals surface area contributed by atoms with Crippen molar-refractivity contribution in [1.29, 1.82) is 5.26 Å². The van der Waals surface area contributed by atoms with Crippen LogP contribution in [0.5, 0.6) is 0 Å². The van der Waals surface area contributed by atoms with Crippen molar-refractivity contribution >= 4 is 17.7 Å². The molecule has 0 unspecified atom stereocenters. The second-order valence-corrected chi connectivity index (χ2v) is 8.11. The number of aryl methyl sites for hydroxylation is 1. The molecule has 3 aromatic rings. The van der Waals surface area contributed by atoms with Gasteiger partial charge in [0.25, 0.3) is 5.91 Å². The number of nitrogens with zero attached hydrogens (tertiary/aromatic N) is 2. The number of alkyl halides is 3. The van der Waals surface area contributed by atoms with Gasteiger partial charge in [0.05, 0.1) is 5.56 Å². The van der Waals surface area contributed by atoms with E-state index in [1.165, 1.54) is 23.8 Å². The van der Waals surface area contributed by atoms with Crippen LogP contribution in [0.2, 0.25) is 0 Å². The minimum absolute atomic E-state index is 0.0355. The molecule has 3 rings (SSSR count). The number of halogens is 3. The summed E-state index contributed by atoms with van der Waals surface area (Å²) in [6.07, 6.45) is -3.08. The fourth-order valence-corrected chi connectivity index (χ4v) is 3.62. The van der Waals surface area contributed by atoms with Gasteiger partial charge >= 0.3 is 6.18 Å². The van der Waals surface area contributed by atoms with Gasteiger partial charge in [0.1, 0.15) is 11.6 Å². The van der Waals surface area contributed by atoms with Crippen molar-refractivity contribution in [3.63, 3.8) is 0 Å². The van der Waals surface area contributed by atoms with Crippen LogP contribution in [0.25, 0.3) is 11.8 Å². The molecule has 0 spiro atoms. The number of nitriles is 1. The first-order chi connectivity index (χ1) is 15.5. The molecule has 0 aliphatic rings. The third-order valence-corrected chi connectivity index (χ3v) is 5.40. The first-order valence-electron chi connectivity index (χ1n) is 10.4. The molecule has 7 heteroatoms. The van der Waals surface area contributed by atoms with E-state index in [0.717, 1.165) is 29.2 Å². The quantitative estimate of drug-likeness (QED) is 0.343. The highest BCUT2D eigenvalue weighted by Gasteiger charge is 2.30. The average molecular weight is 451 g/mol. The Morgan fingerprint density at radius 3 is 2.33 bits per heavy atom. The maximum absolute atomic E-state index is 12.9. The summed E-state index contributed by atoms with van der Waals surface area (Å²) in [5.41, 5.74) is 3.50. The summed E-state index contributed by atoms with van der Waals surface area (Å²) in [6, 6.07) is 16.2. The van der Waals surface area contributed by atoms with Gasteiger partial charge in [0.2, 0.25) is 0 Å². The maximum atomic E-state index is 12.9. The summed E-state index contributed by atoms with van der Waals surface area (Å²) >= 11 is 0. The Balaban J connectivity index is 1.89. The molecular formula is C26H24F3N3O. The second-order valence-electron chi connectivity index (χ2n) is 8.11. The number of carbonyl (C=O) groups excluding carboxylic acids is 1. The maximum Gasteiger partial charge on any atom is 0.416 e. The zero-order valence-corrected chi connectivity index (χ0v) is 18.8. The lowest BCUT2D eigenvalue weighted by Gasteiger charge is -2.12. The Hall–Kier alpha value is -3.79. The number of nitrogens with one attached hydrogen (secondary N) is 1. The molecule has 1 heterocycles. The predicted octanol–water partition coefficient (Wildman–Crippen LogP) is 6.78. The molecule has 0 aliphatic carbocycles. The van der Waals surface area contributed by atoms with Gasteiger partial charge in [-0.05, 0) is 73.4 Å². The van der Waals surface area contributed by atoms with E-state index in [4.69, 9.17) is 0 Å². The molecule has 1 aromatic heterocycles. The molecule has 33 heavy (non-hydrogen) atoms. The fourth-order valence-electron chi connectivity index (χ4n) is 3.62. The number of rotatable bonds is 5. The molecule has 0 aliphatic heterocycles. The molecule has 0 fully saturated rings. The van der Waals surface area contributed by atoms with Crippen molar-refractivity contribution < 1.29 is 18.0 Å². The van der Waals surface area contributed by atoms with Crippen LogP contribution < -0.4 is 5.32 Å². The van der Waals surface area contributed by atoms with Crippen LogP contribution in [0.3, 0.4) is 0 Å². The van der Waals surface area contributed by atoms with Crippen molar-refractivity contribution in [2.75, 3.05) is 5.32 Å². The van der Waals surface area contributed by atoms with Crippen molar-refractivity contribution in [2.24, 2.45) is 0 Å². The Labute approximate surface area is 191 Å². The van der Waals surface area contributed by atoms with Crippen molar-refractivity contribution in [1.82, 2.24) is 4.57 Å². The lowest BCUT2D eigenvalue weighted by Crippen LogP contribution is -2.14. The van der Waals surface area contributed by atoms with E-state index >= 15 is 0 Å². The number of aromatic nitrogens is 1. The van der Waals surface area contributed by atoms with Gasteiger partial charge in [-0.1, -0.05) is 32.0 Å². The third-order valence-electron chi connectivity index (χ3n) is 5.40. The highest BCUT2D eigenvalue weighted by atomic mass is 19.4. The van der Waals surface area contributed by atoms with Crippen molar-refractivity contribution in [3.8, 4) is 11.8 Å². The van der Waals surface area contributed by atoms with E-state index in [-0.39, 0.29) is 11.3 Å². The summed E-state index contributed by atoms with van der Waals surface area (Å²) in [7, 11) is 0. The molecule has 170 valence electrons. The molecule has 1 amide bonds. The first kappa shape index (κ1) is 23.9. The summed E-state index contributed by atoms with van der Waals surface area (Å²) < 4.78 is 40.8. The van der Waals surface area contributed by atoms with Crippen LogP contribution in [0.1, 0.15) is 47.8 Å². The van der Waals surface area contributed by atoms with Crippen LogP contribution in [0, 0.1) is 25.2 Å². The van der Waals surface area contributed by atoms with Gasteiger partial charge in [-0.25, -0.2) is 0 Å². The van der Waals surface area contributed by atoms with Crippen LogP contribution in [0.4, 0.5) is 18.9 Å². The summed E-state index contributed by atoms with van der Waals surface area (Å²) in [6.45, 7) is 8.06. The van der Waals surface area contributed by atoms with Crippen molar-refractivity contribution in [2.45, 2.75) is 39.8 Å². The zero-order valence-electron chi connectivity index (χ0n) is 18.8. The van der Waals surface area contributed by atoms with E-state index in [0.29, 0.717) is 11.5 Å². The minimum Gasteiger partial charge on any atom is -0.321 e. The SMILES string of the molecule is Cc1cc(/C=C(/C#N)C(=O)Nc2cccc(C(F)(F)F)c2)c(C)n1-c1ccc(C(C)C)cc1. The van der Waals surface area contributed by atoms with Crippen molar-refractivity contribution in [3.05, 3.63) is 88.2 Å². The van der Waals surface area contributed by atoms with Gasteiger partial charge < -0.3 is 9.88 Å². The normalized spacial score (nSPS) is 12.0. The average Bonchev–Trinajstić information content (AvgIpc) is 3.04. The molecule has 0 radical (unpaired) electrons. The Kier molecular flexibility index (Phi) is 6.78. The molecular weight excluding hydrogens is 427 g/mol. The molecule has 4 nitrogen and oxygen atoms in total. The third kappa shape index (κ3) is 5.35. The zero-order chi connectivity index (χ0) is 24.3. The molecule has 0 bridgehead atoms. The topological polar surface area (TPSA) is 57.8 Å². The van der Waals surface area contributed by atoms with Crippen LogP contribution in [-0.2, 0) is 11.0 Å². The summed E-state index contributed by atoms with van der Waals surface area (Å²) in [5.74, 6) is -0.360. The van der Waals surface area contributed by atoms with Crippen LogP contribution in [-0.4, -0.2) is 10.5 Å². The predicted molar refractivity (Wildman–Crippen MR) is 123 cm³/mol. The van der Waals surface area contributed by atoms with Crippen LogP contribution >= 0.6 is 0 Å². The van der Waals surface area contributed by atoms with E-state index in [2.05, 4.69) is 31.3 Å². The Morgan fingerprint density at radius 1 is 1.09 bits per heavy atom. The van der Waals surface area contributed by atoms with Gasteiger partial charge in [-0.3, -0.25) is 4.79 Å². The van der Waals surface area contributed by atoms with E-state index in [1.54, 1.807) is 0 Å². The monoisotopic (exact) mass is 451 g/mol. The van der Waals surface area contributed by atoms with Gasteiger partial charge in [-0.2, -0.15) is 18.4 Å². The molecule has 0 atom stereocenters. The standard InChI is InChI=1S/C26H24F3N3O/c1-16(2)19-8-10-24(11-9-19)32-17(3)12-20(18(32)4)13-21(15-30)25(33)31-23-7-5-6-22(14-23)26(27,28)29/h5-14,16H,1-4H3,(H,31,33)/b21-13-. The number of benzene rings is 2. The van der Waals surface area contributed by atoms with Crippen LogP contribution in [0.15, 0.2) is 60.2 Å². The molecule has 0 saturated heterocycles.